The van der Waals surface area contributed by atoms with Crippen LogP contribution in [0.25, 0.3) is 0 Å². The van der Waals surface area contributed by atoms with Gasteiger partial charge >= 0.3 is 0 Å². The molecule has 0 aromatic heterocycles. The zero-order chi connectivity index (χ0) is 17.1. The monoisotopic (exact) mass is 333 g/mol. The average Bonchev–Trinajstić information content (AvgIpc) is 3.17. The lowest BCUT2D eigenvalue weighted by molar-refractivity contribution is -0.135. The molecule has 0 aromatic rings. The van der Waals surface area contributed by atoms with E-state index in [0.717, 1.165) is 19.1 Å². The molecule has 8 heteroatoms. The molecule has 2 amide bonds. The normalized spacial score (nSPS) is 17.9. The van der Waals surface area contributed by atoms with Crippen LogP contribution in [0.4, 0.5) is 0 Å². The minimum Gasteiger partial charge on any atom is -0.346 e. The molecule has 22 heavy (non-hydrogen) atoms. The molecule has 1 saturated carbocycles. The van der Waals surface area contributed by atoms with E-state index in [0.29, 0.717) is 0 Å². The van der Waals surface area contributed by atoms with Crippen LogP contribution in [0.15, 0.2) is 0 Å². The highest BCUT2D eigenvalue weighted by Gasteiger charge is 2.36. The molecule has 1 unspecified atom stereocenters. The van der Waals surface area contributed by atoms with E-state index < -0.39 is 21.9 Å². The largest absolute Gasteiger partial charge is 0.346 e. The summed E-state index contributed by atoms with van der Waals surface area (Å²) in [6.45, 7) is 5.23. The second kappa shape index (κ2) is 7.41. The first kappa shape index (κ1) is 18.9. The molecule has 2 atom stereocenters. The van der Waals surface area contributed by atoms with Crippen molar-refractivity contribution >= 4 is 21.7 Å². The van der Waals surface area contributed by atoms with E-state index in [1.54, 1.807) is 11.8 Å². The number of amides is 2. The number of carbonyl (C=O) groups is 2. The maximum absolute atomic E-state index is 12.3. The number of sulfone groups is 1. The van der Waals surface area contributed by atoms with E-state index >= 15 is 0 Å². The summed E-state index contributed by atoms with van der Waals surface area (Å²) in [6, 6.07) is -0.971. The summed E-state index contributed by atoms with van der Waals surface area (Å²) in [6.07, 6.45) is 2.90. The van der Waals surface area contributed by atoms with Crippen molar-refractivity contribution in [2.45, 2.75) is 51.7 Å². The van der Waals surface area contributed by atoms with E-state index in [2.05, 4.69) is 5.32 Å². The Bertz CT molecular complexity index is 514. The molecule has 0 saturated heterocycles. The van der Waals surface area contributed by atoms with Crippen molar-refractivity contribution in [1.29, 1.82) is 0 Å². The highest BCUT2D eigenvalue weighted by atomic mass is 32.2. The molecule has 7 nitrogen and oxygen atoms in total. The summed E-state index contributed by atoms with van der Waals surface area (Å²) in [7, 11) is -3.16. The highest BCUT2D eigenvalue weighted by Crippen LogP contribution is 2.29. The molecule has 1 fully saturated rings. The Labute approximate surface area is 132 Å². The zero-order valence-corrected chi connectivity index (χ0v) is 14.5. The van der Waals surface area contributed by atoms with Crippen molar-refractivity contribution in [3.8, 4) is 0 Å². The van der Waals surface area contributed by atoms with Gasteiger partial charge < -0.3 is 16.0 Å². The van der Waals surface area contributed by atoms with Crippen LogP contribution in [0.2, 0.25) is 0 Å². The minimum atomic E-state index is -3.16. The van der Waals surface area contributed by atoms with E-state index in [4.69, 9.17) is 5.73 Å². The third-order valence-electron chi connectivity index (χ3n) is 3.68. The lowest BCUT2D eigenvalue weighted by atomic mass is 10.1. The number of nitrogens with two attached hydrogens (primary N) is 1. The van der Waals surface area contributed by atoms with Crippen molar-refractivity contribution in [1.82, 2.24) is 10.2 Å². The van der Waals surface area contributed by atoms with Crippen LogP contribution in [-0.4, -0.2) is 61.8 Å². The van der Waals surface area contributed by atoms with Gasteiger partial charge in [0.1, 0.15) is 9.84 Å². The van der Waals surface area contributed by atoms with Crippen molar-refractivity contribution < 1.29 is 18.0 Å². The average molecular weight is 333 g/mol. The topological polar surface area (TPSA) is 110 Å². The van der Waals surface area contributed by atoms with Crippen LogP contribution < -0.4 is 11.1 Å². The fraction of sp³-hybridized carbons (Fsp3) is 0.857. The molecular weight excluding hydrogens is 306 g/mol. The zero-order valence-electron chi connectivity index (χ0n) is 13.7. The van der Waals surface area contributed by atoms with Gasteiger partial charge in [0.05, 0.1) is 18.3 Å². The fourth-order valence-corrected chi connectivity index (χ4v) is 3.39. The lowest BCUT2D eigenvalue weighted by Crippen LogP contribution is -2.51. The molecule has 128 valence electrons. The fourth-order valence-electron chi connectivity index (χ4n) is 2.36. The Balaban J connectivity index is 2.61. The quantitative estimate of drug-likeness (QED) is 0.623. The first-order valence-electron chi connectivity index (χ1n) is 7.55. The van der Waals surface area contributed by atoms with Gasteiger partial charge in [-0.05, 0) is 25.7 Å². The van der Waals surface area contributed by atoms with Crippen LogP contribution in [0, 0.1) is 5.92 Å². The number of hydrogen-bond donors (Lipinski definition) is 2. The number of rotatable bonds is 8. The standard InChI is InChI=1S/C14H27N3O4S/c1-9(2)13(15)14(19)16-7-12(18)17(11-5-6-11)10(3)8-22(4,20)21/h9-11,13H,5-8,15H2,1-4H3,(H,16,19)/t10?,13-/m0/s1. The molecule has 0 aliphatic heterocycles. The van der Waals surface area contributed by atoms with E-state index in [9.17, 15) is 18.0 Å². The molecule has 1 aliphatic rings. The molecular formula is C14H27N3O4S. The van der Waals surface area contributed by atoms with Crippen molar-refractivity contribution in [3.63, 3.8) is 0 Å². The van der Waals surface area contributed by atoms with Gasteiger partial charge in [0, 0.05) is 18.3 Å². The SMILES string of the molecule is CC(C)[C@H](N)C(=O)NCC(=O)N(C(C)CS(C)(=O)=O)C1CC1. The summed E-state index contributed by atoms with van der Waals surface area (Å²) in [4.78, 5) is 25.7. The van der Waals surface area contributed by atoms with Crippen molar-refractivity contribution in [3.05, 3.63) is 0 Å². The van der Waals surface area contributed by atoms with E-state index in [1.165, 1.54) is 0 Å². The first-order valence-corrected chi connectivity index (χ1v) is 9.61. The summed E-state index contributed by atoms with van der Waals surface area (Å²) >= 11 is 0. The molecule has 3 N–H and O–H groups in total. The van der Waals surface area contributed by atoms with Crippen LogP contribution in [0.5, 0.6) is 0 Å². The summed E-state index contributed by atoms with van der Waals surface area (Å²) in [5, 5.41) is 2.54. The van der Waals surface area contributed by atoms with Gasteiger partial charge in [-0.2, -0.15) is 0 Å². The number of carbonyl (C=O) groups excluding carboxylic acids is 2. The molecule has 0 aromatic carbocycles. The van der Waals surface area contributed by atoms with E-state index in [1.807, 2.05) is 13.8 Å². The van der Waals surface area contributed by atoms with Crippen molar-refractivity contribution in [2.24, 2.45) is 11.7 Å². The van der Waals surface area contributed by atoms with Gasteiger partial charge in [0.15, 0.2) is 0 Å². The molecule has 0 bridgehead atoms. The maximum atomic E-state index is 12.3. The molecule has 0 radical (unpaired) electrons. The van der Waals surface area contributed by atoms with Gasteiger partial charge in [0.25, 0.3) is 0 Å². The van der Waals surface area contributed by atoms with Crippen LogP contribution in [-0.2, 0) is 19.4 Å². The molecule has 0 heterocycles. The second-order valence-corrected chi connectivity index (χ2v) is 8.65. The lowest BCUT2D eigenvalue weighted by Gasteiger charge is -2.29. The van der Waals surface area contributed by atoms with Gasteiger partial charge in [0.2, 0.25) is 11.8 Å². The molecule has 1 aliphatic carbocycles. The third-order valence-corrected chi connectivity index (χ3v) is 4.77. The second-order valence-electron chi connectivity index (χ2n) is 6.46. The summed E-state index contributed by atoms with van der Waals surface area (Å²) in [5.74, 6) is -0.717. The smallest absolute Gasteiger partial charge is 0.242 e. The van der Waals surface area contributed by atoms with Crippen LogP contribution in [0.3, 0.4) is 0 Å². The Morgan fingerprint density at radius 3 is 2.23 bits per heavy atom. The highest BCUT2D eigenvalue weighted by molar-refractivity contribution is 7.90. The summed E-state index contributed by atoms with van der Waals surface area (Å²) in [5.41, 5.74) is 5.72. The summed E-state index contributed by atoms with van der Waals surface area (Å²) < 4.78 is 22.8. The van der Waals surface area contributed by atoms with Crippen molar-refractivity contribution in [2.75, 3.05) is 18.6 Å². The molecule has 0 spiro atoms. The van der Waals surface area contributed by atoms with Gasteiger partial charge in [-0.15, -0.1) is 0 Å². The van der Waals surface area contributed by atoms with Gasteiger partial charge in [-0.25, -0.2) is 8.42 Å². The first-order chi connectivity index (χ1) is 10.0. The predicted molar refractivity (Wildman–Crippen MR) is 84.9 cm³/mol. The van der Waals surface area contributed by atoms with E-state index in [-0.39, 0.29) is 36.1 Å². The Kier molecular flexibility index (Phi) is 6.37. The Morgan fingerprint density at radius 1 is 1.27 bits per heavy atom. The number of nitrogens with zero attached hydrogens (tertiary/aromatic N) is 1. The maximum Gasteiger partial charge on any atom is 0.242 e. The van der Waals surface area contributed by atoms with Gasteiger partial charge in [-0.1, -0.05) is 13.8 Å². The van der Waals surface area contributed by atoms with Crippen LogP contribution >= 0.6 is 0 Å². The number of nitrogens with one attached hydrogen (secondary N) is 1. The Hall–Kier alpha value is -1.15. The Morgan fingerprint density at radius 2 is 1.82 bits per heavy atom. The number of hydrogen-bond acceptors (Lipinski definition) is 5. The predicted octanol–water partition coefficient (Wildman–Crippen LogP) is -0.490. The third kappa shape index (κ3) is 5.92. The minimum absolute atomic E-state index is 0.0150. The van der Waals surface area contributed by atoms with Gasteiger partial charge in [-0.3, -0.25) is 9.59 Å². The van der Waals surface area contributed by atoms with Crippen LogP contribution in [0.1, 0.15) is 33.6 Å². The molecule has 1 rings (SSSR count).